The molecule has 0 saturated heterocycles. The molecule has 7 nitrogen and oxygen atoms in total. The molecule has 7 heteroatoms. The number of nitrogens with zero attached hydrogens (tertiary/aromatic N) is 3. The lowest BCUT2D eigenvalue weighted by Gasteiger charge is -2.13. The van der Waals surface area contributed by atoms with E-state index in [0.717, 1.165) is 5.56 Å². The number of aromatic nitrogens is 1. The topological polar surface area (TPSA) is 97.3 Å². The van der Waals surface area contributed by atoms with Crippen LogP contribution in [0.5, 0.6) is 0 Å². The van der Waals surface area contributed by atoms with E-state index in [4.69, 9.17) is 5.84 Å². The molecule has 0 saturated carbocycles. The number of hydrogen-bond donors (Lipinski definition) is 2. The number of rotatable bonds is 7. The summed E-state index contributed by atoms with van der Waals surface area (Å²) in [5.74, 6) is 5.12. The molecular weight excluding hydrogens is 246 g/mol. The highest BCUT2D eigenvalue weighted by atomic mass is 16.6. The lowest BCUT2D eigenvalue weighted by molar-refractivity contribution is -0.433. The molecular formula is C12H19N5O2. The van der Waals surface area contributed by atoms with E-state index in [0.29, 0.717) is 25.0 Å². The molecule has 0 aromatic carbocycles. The fraction of sp³-hybridized carbons (Fsp3) is 0.417. The number of hydrazine groups is 1. The molecule has 19 heavy (non-hydrogen) atoms. The van der Waals surface area contributed by atoms with Crippen LogP contribution < -0.4 is 11.3 Å². The standard InChI is InChI=1S/C12H19N5O2/c1-16(2)7-5-11(12(15-13)17(18)19)8-10-4-3-6-14-9-10/h3-4,6,9,15H,5,7-8,13H2,1-2H3. The van der Waals surface area contributed by atoms with Crippen molar-refractivity contribution in [2.45, 2.75) is 12.8 Å². The van der Waals surface area contributed by atoms with E-state index in [9.17, 15) is 10.1 Å². The molecule has 0 radical (unpaired) electrons. The zero-order chi connectivity index (χ0) is 14.3. The van der Waals surface area contributed by atoms with Gasteiger partial charge in [0.1, 0.15) is 0 Å². The van der Waals surface area contributed by atoms with Gasteiger partial charge in [-0.05, 0) is 37.1 Å². The highest BCUT2D eigenvalue weighted by Gasteiger charge is 2.16. The quantitative estimate of drug-likeness (QED) is 0.424. The normalized spacial score (nSPS) is 12.2. The minimum Gasteiger partial charge on any atom is -0.358 e. The maximum atomic E-state index is 11.0. The Morgan fingerprint density at radius 3 is 2.79 bits per heavy atom. The molecule has 1 aromatic heterocycles. The summed E-state index contributed by atoms with van der Waals surface area (Å²) >= 11 is 0. The van der Waals surface area contributed by atoms with Crippen LogP contribution in [-0.2, 0) is 6.42 Å². The Labute approximate surface area is 112 Å². The maximum absolute atomic E-state index is 11.0. The second-order valence-corrected chi connectivity index (χ2v) is 4.44. The molecule has 0 unspecified atom stereocenters. The van der Waals surface area contributed by atoms with Crippen LogP contribution in [0.3, 0.4) is 0 Å². The van der Waals surface area contributed by atoms with Gasteiger partial charge in [0.25, 0.3) is 0 Å². The van der Waals surface area contributed by atoms with Crippen LogP contribution in [0.25, 0.3) is 0 Å². The fourth-order valence-corrected chi connectivity index (χ4v) is 1.68. The van der Waals surface area contributed by atoms with E-state index < -0.39 is 4.92 Å². The highest BCUT2D eigenvalue weighted by molar-refractivity contribution is 5.20. The minimum atomic E-state index is -0.485. The van der Waals surface area contributed by atoms with Gasteiger partial charge in [-0.1, -0.05) is 6.07 Å². The zero-order valence-electron chi connectivity index (χ0n) is 11.2. The van der Waals surface area contributed by atoms with Gasteiger partial charge in [-0.25, -0.2) is 0 Å². The average Bonchev–Trinajstić information content (AvgIpc) is 2.37. The second-order valence-electron chi connectivity index (χ2n) is 4.44. The fourth-order valence-electron chi connectivity index (χ4n) is 1.68. The largest absolute Gasteiger partial charge is 0.358 e. The van der Waals surface area contributed by atoms with Crippen molar-refractivity contribution in [1.82, 2.24) is 15.3 Å². The molecule has 0 atom stereocenters. The van der Waals surface area contributed by atoms with E-state index >= 15 is 0 Å². The molecule has 104 valence electrons. The van der Waals surface area contributed by atoms with Gasteiger partial charge in [0.2, 0.25) is 0 Å². The molecule has 3 N–H and O–H groups in total. The number of hydrogen-bond acceptors (Lipinski definition) is 6. The maximum Gasteiger partial charge on any atom is 0.333 e. The van der Waals surface area contributed by atoms with Crippen LogP contribution in [-0.4, -0.2) is 35.4 Å². The lowest BCUT2D eigenvalue weighted by atomic mass is 10.0. The molecule has 0 aliphatic carbocycles. The third-order valence-corrected chi connectivity index (χ3v) is 2.66. The molecule has 1 aromatic rings. The van der Waals surface area contributed by atoms with Gasteiger partial charge in [-0.3, -0.25) is 4.98 Å². The van der Waals surface area contributed by atoms with Crippen molar-refractivity contribution >= 4 is 0 Å². The summed E-state index contributed by atoms with van der Waals surface area (Å²) in [5, 5.41) is 11.0. The van der Waals surface area contributed by atoms with Crippen molar-refractivity contribution in [1.29, 1.82) is 0 Å². The summed E-state index contributed by atoms with van der Waals surface area (Å²) in [6, 6.07) is 3.69. The summed E-state index contributed by atoms with van der Waals surface area (Å²) in [7, 11) is 3.84. The predicted octanol–water partition coefficient (Wildman–Crippen LogP) is 0.527. The van der Waals surface area contributed by atoms with Crippen molar-refractivity contribution in [2.24, 2.45) is 5.84 Å². The van der Waals surface area contributed by atoms with Crippen LogP contribution >= 0.6 is 0 Å². The van der Waals surface area contributed by atoms with Crippen molar-refractivity contribution < 1.29 is 4.92 Å². The first-order valence-electron chi connectivity index (χ1n) is 5.91. The summed E-state index contributed by atoms with van der Waals surface area (Å²) < 4.78 is 0. The molecule has 1 rings (SSSR count). The second kappa shape index (κ2) is 7.45. The first-order valence-corrected chi connectivity index (χ1v) is 5.91. The van der Waals surface area contributed by atoms with Gasteiger partial charge >= 0.3 is 5.82 Å². The van der Waals surface area contributed by atoms with Crippen molar-refractivity contribution in [3.8, 4) is 0 Å². The van der Waals surface area contributed by atoms with Gasteiger partial charge in [-0.2, -0.15) is 11.3 Å². The Balaban J connectivity index is 2.95. The lowest BCUT2D eigenvalue weighted by Crippen LogP contribution is -2.29. The summed E-state index contributed by atoms with van der Waals surface area (Å²) in [6.07, 6.45) is 4.40. The average molecular weight is 265 g/mol. The van der Waals surface area contributed by atoms with E-state index in [1.807, 2.05) is 25.1 Å². The van der Waals surface area contributed by atoms with Gasteiger partial charge in [-0.15, -0.1) is 0 Å². The van der Waals surface area contributed by atoms with Crippen LogP contribution in [0.15, 0.2) is 35.9 Å². The predicted molar refractivity (Wildman–Crippen MR) is 72.5 cm³/mol. The van der Waals surface area contributed by atoms with Crippen LogP contribution in [0, 0.1) is 10.1 Å². The molecule has 0 aliphatic heterocycles. The van der Waals surface area contributed by atoms with Gasteiger partial charge in [0.15, 0.2) is 0 Å². The van der Waals surface area contributed by atoms with Crippen molar-refractivity contribution in [3.05, 3.63) is 51.6 Å². The number of pyridine rings is 1. The third kappa shape index (κ3) is 5.02. The number of nitro groups is 1. The van der Waals surface area contributed by atoms with Gasteiger partial charge in [0.05, 0.1) is 0 Å². The molecule has 0 aliphatic rings. The van der Waals surface area contributed by atoms with E-state index in [1.54, 1.807) is 18.5 Å². The Morgan fingerprint density at radius 1 is 1.58 bits per heavy atom. The Bertz CT molecular complexity index is 445. The van der Waals surface area contributed by atoms with Crippen LogP contribution in [0.2, 0.25) is 0 Å². The zero-order valence-corrected chi connectivity index (χ0v) is 11.2. The van der Waals surface area contributed by atoms with Crippen molar-refractivity contribution in [3.63, 3.8) is 0 Å². The summed E-state index contributed by atoms with van der Waals surface area (Å²) in [4.78, 5) is 16.5. The Hall–Kier alpha value is -1.99. The number of nitrogens with two attached hydrogens (primary N) is 1. The Morgan fingerprint density at radius 2 is 2.32 bits per heavy atom. The molecule has 0 bridgehead atoms. The first-order chi connectivity index (χ1) is 9.04. The monoisotopic (exact) mass is 265 g/mol. The number of nitrogens with one attached hydrogen (secondary N) is 1. The Kier molecular flexibility index (Phi) is 5.91. The first kappa shape index (κ1) is 15.1. The van der Waals surface area contributed by atoms with Gasteiger partial charge < -0.3 is 15.0 Å². The molecule has 0 spiro atoms. The van der Waals surface area contributed by atoms with Crippen LogP contribution in [0.1, 0.15) is 12.0 Å². The molecule has 0 fully saturated rings. The summed E-state index contributed by atoms with van der Waals surface area (Å²) in [6.45, 7) is 0.717. The van der Waals surface area contributed by atoms with E-state index in [-0.39, 0.29) is 5.82 Å². The molecule has 1 heterocycles. The third-order valence-electron chi connectivity index (χ3n) is 2.66. The van der Waals surface area contributed by atoms with E-state index in [2.05, 4.69) is 10.4 Å². The van der Waals surface area contributed by atoms with E-state index in [1.165, 1.54) is 0 Å². The smallest absolute Gasteiger partial charge is 0.333 e. The SMILES string of the molecule is CN(C)CCC(Cc1cccnc1)=C(NN)[N+](=O)[O-]. The minimum absolute atomic E-state index is 0.134. The van der Waals surface area contributed by atoms with Gasteiger partial charge in [0, 0.05) is 30.9 Å². The highest BCUT2D eigenvalue weighted by Crippen LogP contribution is 2.14. The molecule has 0 amide bonds. The summed E-state index contributed by atoms with van der Waals surface area (Å²) in [5.41, 5.74) is 3.77. The van der Waals surface area contributed by atoms with Crippen LogP contribution in [0.4, 0.5) is 0 Å². The van der Waals surface area contributed by atoms with Crippen molar-refractivity contribution in [2.75, 3.05) is 20.6 Å².